The van der Waals surface area contributed by atoms with Crippen molar-refractivity contribution in [1.82, 2.24) is 15.1 Å². The van der Waals surface area contributed by atoms with E-state index in [0.717, 1.165) is 43.8 Å². The number of hydrogen-bond donors (Lipinski definition) is 2. The molecule has 3 rings (SSSR count). The van der Waals surface area contributed by atoms with E-state index in [1.165, 1.54) is 14.0 Å². The van der Waals surface area contributed by atoms with Crippen LogP contribution in [0.25, 0.3) is 0 Å². The number of amides is 2. The van der Waals surface area contributed by atoms with Gasteiger partial charge in [0.2, 0.25) is 11.8 Å². The van der Waals surface area contributed by atoms with Crippen LogP contribution < -0.4 is 15.4 Å². The molecule has 0 radical (unpaired) electrons. The van der Waals surface area contributed by atoms with Crippen LogP contribution in [0.4, 0.5) is 5.69 Å². The minimum Gasteiger partial charge on any atom is -0.497 e. The number of nitrogens with zero attached hydrogens (tertiary/aromatic N) is 2. The van der Waals surface area contributed by atoms with Gasteiger partial charge in [0.05, 0.1) is 20.6 Å². The number of ether oxygens (including phenoxy) is 2. The molecule has 2 aliphatic heterocycles. The van der Waals surface area contributed by atoms with E-state index in [9.17, 15) is 14.4 Å². The molecule has 0 saturated carbocycles. The first kappa shape index (κ1) is 24.8. The van der Waals surface area contributed by atoms with E-state index in [-0.39, 0.29) is 23.7 Å². The zero-order chi connectivity index (χ0) is 24.0. The molecular weight excluding hydrogens is 444 g/mol. The Balaban J connectivity index is 1.51. The topological polar surface area (TPSA) is 100 Å². The quantitative estimate of drug-likeness (QED) is 0.473. The van der Waals surface area contributed by atoms with Gasteiger partial charge in [-0.05, 0) is 49.0 Å². The number of carbonyl (C=O) groups excluding carboxylic acids is 3. The van der Waals surface area contributed by atoms with Crippen molar-refractivity contribution in [2.45, 2.75) is 38.6 Å². The number of carbonyl (C=O) groups is 3. The molecular formula is C23H32N4O5S. The van der Waals surface area contributed by atoms with Gasteiger partial charge in [-0.15, -0.1) is 0 Å². The van der Waals surface area contributed by atoms with Crippen LogP contribution in [0.2, 0.25) is 0 Å². The summed E-state index contributed by atoms with van der Waals surface area (Å²) in [4.78, 5) is 40.1. The molecule has 2 saturated heterocycles. The van der Waals surface area contributed by atoms with Crippen LogP contribution in [0, 0.1) is 5.41 Å². The monoisotopic (exact) mass is 476 g/mol. The summed E-state index contributed by atoms with van der Waals surface area (Å²) in [5, 5.41) is 6.47. The Labute approximate surface area is 199 Å². The summed E-state index contributed by atoms with van der Waals surface area (Å²) < 4.78 is 9.98. The third kappa shape index (κ3) is 6.34. The zero-order valence-electron chi connectivity index (χ0n) is 19.4. The Kier molecular flexibility index (Phi) is 8.12. The van der Waals surface area contributed by atoms with Gasteiger partial charge < -0.3 is 29.9 Å². The molecule has 2 N–H and O–H groups in total. The van der Waals surface area contributed by atoms with Gasteiger partial charge in [-0.2, -0.15) is 0 Å². The Bertz CT molecular complexity index is 901. The highest BCUT2D eigenvalue weighted by molar-refractivity contribution is 7.80. The van der Waals surface area contributed by atoms with E-state index in [4.69, 9.17) is 21.7 Å². The molecule has 1 aromatic carbocycles. The summed E-state index contributed by atoms with van der Waals surface area (Å²) in [7, 11) is 2.88. The average Bonchev–Trinajstić information content (AvgIpc) is 3.21. The van der Waals surface area contributed by atoms with Gasteiger partial charge in [0, 0.05) is 44.9 Å². The van der Waals surface area contributed by atoms with Gasteiger partial charge in [0.25, 0.3) is 0 Å². The largest absolute Gasteiger partial charge is 0.497 e. The SMILES string of the molecule is COC(=O)C(CC(=O)N1CCC2(CCN(C(=S)Nc3cccc(OC)c3)CC2)C1)NC(C)=O. The maximum Gasteiger partial charge on any atom is 0.328 e. The highest BCUT2D eigenvalue weighted by Gasteiger charge is 2.43. The van der Waals surface area contributed by atoms with Gasteiger partial charge in [0.1, 0.15) is 11.8 Å². The van der Waals surface area contributed by atoms with Crippen LogP contribution in [0.3, 0.4) is 0 Å². The van der Waals surface area contributed by atoms with Gasteiger partial charge in [0.15, 0.2) is 5.11 Å². The molecule has 1 unspecified atom stereocenters. The van der Waals surface area contributed by atoms with E-state index < -0.39 is 12.0 Å². The Morgan fingerprint density at radius 1 is 1.12 bits per heavy atom. The van der Waals surface area contributed by atoms with Gasteiger partial charge in [-0.1, -0.05) is 6.07 Å². The molecule has 0 aliphatic carbocycles. The normalized spacial score (nSPS) is 17.9. The van der Waals surface area contributed by atoms with Crippen molar-refractivity contribution >= 4 is 40.8 Å². The van der Waals surface area contributed by atoms with Crippen molar-refractivity contribution < 1.29 is 23.9 Å². The zero-order valence-corrected chi connectivity index (χ0v) is 20.2. The standard InChI is InChI=1S/C23H32N4O5S/c1-16(28)24-19(21(30)32-3)14-20(29)27-12-9-23(15-27)7-10-26(11-8-23)22(33)25-17-5-4-6-18(13-17)31-2/h4-6,13,19H,7-12,14-15H2,1-3H3,(H,24,28)(H,25,33). The number of nitrogens with one attached hydrogen (secondary N) is 2. The predicted octanol–water partition coefficient (Wildman–Crippen LogP) is 1.77. The number of thiocarbonyl (C=S) groups is 1. The molecule has 33 heavy (non-hydrogen) atoms. The first-order chi connectivity index (χ1) is 15.7. The maximum absolute atomic E-state index is 12.8. The minimum absolute atomic E-state index is 0.0620. The van der Waals surface area contributed by atoms with Crippen molar-refractivity contribution in [1.29, 1.82) is 0 Å². The van der Waals surface area contributed by atoms with E-state index in [2.05, 4.69) is 15.5 Å². The van der Waals surface area contributed by atoms with Crippen molar-refractivity contribution in [3.8, 4) is 5.75 Å². The number of benzene rings is 1. The predicted molar refractivity (Wildman–Crippen MR) is 128 cm³/mol. The molecule has 0 aromatic heterocycles. The first-order valence-corrected chi connectivity index (χ1v) is 11.5. The summed E-state index contributed by atoms with van der Waals surface area (Å²) in [5.74, 6) is -0.363. The van der Waals surface area contributed by atoms with Gasteiger partial charge in [-0.25, -0.2) is 4.79 Å². The molecule has 2 aliphatic rings. The van der Waals surface area contributed by atoms with Crippen LogP contribution in [0.15, 0.2) is 24.3 Å². The second-order valence-electron chi connectivity index (χ2n) is 8.69. The van der Waals surface area contributed by atoms with Crippen molar-refractivity contribution in [3.05, 3.63) is 24.3 Å². The lowest BCUT2D eigenvalue weighted by molar-refractivity contribution is -0.147. The van der Waals surface area contributed by atoms with Crippen LogP contribution in [-0.4, -0.2) is 79.1 Å². The van der Waals surface area contributed by atoms with E-state index >= 15 is 0 Å². The second kappa shape index (κ2) is 10.8. The third-order valence-corrected chi connectivity index (χ3v) is 6.83. The summed E-state index contributed by atoms with van der Waals surface area (Å²) in [5.41, 5.74) is 0.948. The molecule has 1 atom stereocenters. The van der Waals surface area contributed by atoms with Crippen molar-refractivity contribution in [2.75, 3.05) is 45.7 Å². The molecule has 2 fully saturated rings. The van der Waals surface area contributed by atoms with Crippen LogP contribution >= 0.6 is 12.2 Å². The van der Waals surface area contributed by atoms with Gasteiger partial charge in [-0.3, -0.25) is 9.59 Å². The Morgan fingerprint density at radius 3 is 2.39 bits per heavy atom. The number of esters is 1. The fraction of sp³-hybridized carbons (Fsp3) is 0.565. The average molecular weight is 477 g/mol. The maximum atomic E-state index is 12.8. The number of likely N-dealkylation sites (tertiary alicyclic amines) is 2. The minimum atomic E-state index is -0.960. The molecule has 9 nitrogen and oxygen atoms in total. The number of hydrogen-bond acceptors (Lipinski definition) is 6. The Hall–Kier alpha value is -2.88. The van der Waals surface area contributed by atoms with Gasteiger partial charge >= 0.3 is 5.97 Å². The highest BCUT2D eigenvalue weighted by Crippen LogP contribution is 2.40. The number of piperidine rings is 1. The Morgan fingerprint density at radius 2 is 1.79 bits per heavy atom. The lowest BCUT2D eigenvalue weighted by Gasteiger charge is -2.40. The molecule has 10 heteroatoms. The second-order valence-corrected chi connectivity index (χ2v) is 9.08. The van der Waals surface area contributed by atoms with E-state index in [1.54, 1.807) is 12.0 Å². The van der Waals surface area contributed by atoms with Crippen LogP contribution in [0.5, 0.6) is 5.75 Å². The number of methoxy groups -OCH3 is 2. The molecule has 1 spiro atoms. The third-order valence-electron chi connectivity index (χ3n) is 6.47. The van der Waals surface area contributed by atoms with E-state index in [1.807, 2.05) is 24.3 Å². The lowest BCUT2D eigenvalue weighted by atomic mass is 9.78. The molecule has 1 aromatic rings. The highest BCUT2D eigenvalue weighted by atomic mass is 32.1. The van der Waals surface area contributed by atoms with Crippen molar-refractivity contribution in [3.63, 3.8) is 0 Å². The summed E-state index contributed by atoms with van der Waals surface area (Å²) in [6, 6.07) is 6.69. The molecule has 2 heterocycles. The summed E-state index contributed by atoms with van der Waals surface area (Å²) in [6.45, 7) is 4.25. The van der Waals surface area contributed by atoms with Crippen LogP contribution in [-0.2, 0) is 19.1 Å². The molecule has 2 amide bonds. The number of rotatable bonds is 6. The van der Waals surface area contributed by atoms with Crippen LogP contribution in [0.1, 0.15) is 32.6 Å². The fourth-order valence-corrected chi connectivity index (χ4v) is 4.83. The number of anilines is 1. The van der Waals surface area contributed by atoms with E-state index in [0.29, 0.717) is 18.2 Å². The first-order valence-electron chi connectivity index (χ1n) is 11.1. The smallest absolute Gasteiger partial charge is 0.328 e. The van der Waals surface area contributed by atoms with Crippen molar-refractivity contribution in [2.24, 2.45) is 5.41 Å². The fourth-order valence-electron chi connectivity index (χ4n) is 4.53. The lowest BCUT2D eigenvalue weighted by Crippen LogP contribution is -2.47. The molecule has 180 valence electrons. The summed E-state index contributed by atoms with van der Waals surface area (Å²) in [6.07, 6.45) is 2.69. The molecule has 0 bridgehead atoms. The summed E-state index contributed by atoms with van der Waals surface area (Å²) >= 11 is 5.61.